The van der Waals surface area contributed by atoms with Crippen molar-refractivity contribution in [3.8, 4) is 11.5 Å². The van der Waals surface area contributed by atoms with Gasteiger partial charge < -0.3 is 9.47 Å². The standard InChI is InChI=1S/C21H19ClN2O4S/c1-12-5-4-6-13(7-12)11-28-18-16(22)9-14(10-17(18)27-3)8-15-19(25)23-21(29)24(2)20(15)26/h4-10H,11H2,1-3H3,(H,23,25,29)/b15-8+. The Morgan fingerprint density at radius 3 is 2.69 bits per heavy atom. The Morgan fingerprint density at radius 1 is 1.24 bits per heavy atom. The van der Waals surface area contributed by atoms with Gasteiger partial charge in [0.1, 0.15) is 12.2 Å². The molecule has 1 aliphatic rings. The highest BCUT2D eigenvalue weighted by Crippen LogP contribution is 2.37. The second-order valence-corrected chi connectivity index (χ2v) is 7.29. The number of halogens is 1. The second-order valence-electron chi connectivity index (χ2n) is 6.49. The summed E-state index contributed by atoms with van der Waals surface area (Å²) < 4.78 is 11.3. The highest BCUT2D eigenvalue weighted by molar-refractivity contribution is 7.80. The van der Waals surface area contributed by atoms with E-state index in [2.05, 4.69) is 5.32 Å². The number of aryl methyl sites for hydroxylation is 1. The summed E-state index contributed by atoms with van der Waals surface area (Å²) in [5.41, 5.74) is 2.60. The molecule has 29 heavy (non-hydrogen) atoms. The molecule has 0 spiro atoms. The average Bonchev–Trinajstić information content (AvgIpc) is 2.68. The lowest BCUT2D eigenvalue weighted by Crippen LogP contribution is -2.52. The molecular weight excluding hydrogens is 412 g/mol. The maximum atomic E-state index is 12.4. The summed E-state index contributed by atoms with van der Waals surface area (Å²) in [5.74, 6) is -0.276. The van der Waals surface area contributed by atoms with E-state index in [0.29, 0.717) is 28.7 Å². The van der Waals surface area contributed by atoms with Crippen LogP contribution in [0.25, 0.3) is 6.08 Å². The van der Waals surface area contributed by atoms with E-state index in [9.17, 15) is 9.59 Å². The summed E-state index contributed by atoms with van der Waals surface area (Å²) >= 11 is 11.3. The van der Waals surface area contributed by atoms with E-state index in [0.717, 1.165) is 11.1 Å². The number of hydrogen-bond acceptors (Lipinski definition) is 5. The van der Waals surface area contributed by atoms with Crippen molar-refractivity contribution in [1.82, 2.24) is 10.2 Å². The molecule has 150 valence electrons. The van der Waals surface area contributed by atoms with Crippen LogP contribution in [0.2, 0.25) is 5.02 Å². The molecule has 1 aliphatic heterocycles. The van der Waals surface area contributed by atoms with Crippen LogP contribution in [0.1, 0.15) is 16.7 Å². The number of rotatable bonds is 5. The maximum Gasteiger partial charge on any atom is 0.265 e. The predicted molar refractivity (Wildman–Crippen MR) is 115 cm³/mol. The Morgan fingerprint density at radius 2 is 2.00 bits per heavy atom. The first kappa shape index (κ1) is 20.8. The quantitative estimate of drug-likeness (QED) is 0.447. The van der Waals surface area contributed by atoms with Crippen LogP contribution in [0.3, 0.4) is 0 Å². The number of benzene rings is 2. The molecule has 1 N–H and O–H groups in total. The molecule has 1 saturated heterocycles. The van der Waals surface area contributed by atoms with Crippen LogP contribution in [0.5, 0.6) is 11.5 Å². The molecular formula is C21H19ClN2O4S. The second kappa shape index (κ2) is 8.63. The SMILES string of the molecule is COc1cc(/C=C2\C(=O)NC(=S)N(C)C2=O)cc(Cl)c1OCc1cccc(C)c1. The highest BCUT2D eigenvalue weighted by atomic mass is 35.5. The zero-order valence-corrected chi connectivity index (χ0v) is 17.7. The van der Waals surface area contributed by atoms with Crippen molar-refractivity contribution in [1.29, 1.82) is 0 Å². The molecule has 0 aliphatic carbocycles. The number of carbonyl (C=O) groups is 2. The van der Waals surface area contributed by atoms with Crippen LogP contribution in [0.15, 0.2) is 42.0 Å². The fraction of sp³-hybridized carbons (Fsp3) is 0.190. The van der Waals surface area contributed by atoms with E-state index < -0.39 is 11.8 Å². The van der Waals surface area contributed by atoms with Crippen molar-refractivity contribution in [2.75, 3.05) is 14.2 Å². The van der Waals surface area contributed by atoms with E-state index in [1.165, 1.54) is 25.1 Å². The zero-order chi connectivity index (χ0) is 21.1. The molecule has 3 rings (SSSR count). The first-order valence-corrected chi connectivity index (χ1v) is 9.49. The number of methoxy groups -OCH3 is 1. The molecule has 0 saturated carbocycles. The van der Waals surface area contributed by atoms with Crippen molar-refractivity contribution in [2.24, 2.45) is 0 Å². The molecule has 0 radical (unpaired) electrons. The Kier molecular flexibility index (Phi) is 6.20. The third-order valence-electron chi connectivity index (χ3n) is 4.33. The summed E-state index contributed by atoms with van der Waals surface area (Å²) in [4.78, 5) is 25.7. The molecule has 1 heterocycles. The van der Waals surface area contributed by atoms with Crippen LogP contribution in [0, 0.1) is 6.92 Å². The molecule has 1 fully saturated rings. The number of thiocarbonyl (C=S) groups is 1. The Labute approximate surface area is 179 Å². The number of nitrogens with one attached hydrogen (secondary N) is 1. The third kappa shape index (κ3) is 4.58. The molecule has 8 heteroatoms. The minimum atomic E-state index is -0.562. The van der Waals surface area contributed by atoms with Crippen molar-refractivity contribution in [2.45, 2.75) is 13.5 Å². The lowest BCUT2D eigenvalue weighted by Gasteiger charge is -2.25. The number of ether oxygens (including phenoxy) is 2. The smallest absolute Gasteiger partial charge is 0.265 e. The fourth-order valence-corrected chi connectivity index (χ4v) is 3.28. The summed E-state index contributed by atoms with van der Waals surface area (Å²) in [7, 11) is 2.99. The summed E-state index contributed by atoms with van der Waals surface area (Å²) in [6, 6.07) is 11.2. The van der Waals surface area contributed by atoms with E-state index in [1.54, 1.807) is 12.1 Å². The van der Waals surface area contributed by atoms with Crippen molar-refractivity contribution < 1.29 is 19.1 Å². The largest absolute Gasteiger partial charge is 0.493 e. The third-order valence-corrected chi connectivity index (χ3v) is 4.99. The molecule has 2 amide bonds. The van der Waals surface area contributed by atoms with Crippen LogP contribution >= 0.6 is 23.8 Å². The number of carbonyl (C=O) groups excluding carboxylic acids is 2. The Balaban J connectivity index is 1.89. The molecule has 2 aromatic carbocycles. The van der Waals surface area contributed by atoms with E-state index in [1.807, 2.05) is 31.2 Å². The monoisotopic (exact) mass is 430 g/mol. The van der Waals surface area contributed by atoms with Crippen LogP contribution in [-0.2, 0) is 16.2 Å². The highest BCUT2D eigenvalue weighted by Gasteiger charge is 2.30. The molecule has 0 aromatic heterocycles. The minimum Gasteiger partial charge on any atom is -0.493 e. The van der Waals surface area contributed by atoms with Gasteiger partial charge in [-0.1, -0.05) is 41.4 Å². The lowest BCUT2D eigenvalue weighted by atomic mass is 10.1. The maximum absolute atomic E-state index is 12.4. The van der Waals surface area contributed by atoms with Gasteiger partial charge in [-0.05, 0) is 48.5 Å². The van der Waals surface area contributed by atoms with Gasteiger partial charge in [-0.25, -0.2) is 0 Å². The summed E-state index contributed by atoms with van der Waals surface area (Å²) in [6.45, 7) is 2.33. The van der Waals surface area contributed by atoms with Gasteiger partial charge in [0.2, 0.25) is 0 Å². The summed E-state index contributed by atoms with van der Waals surface area (Å²) in [5, 5.41) is 2.83. The Hall–Kier alpha value is -2.90. The molecule has 6 nitrogen and oxygen atoms in total. The molecule has 0 unspecified atom stereocenters. The van der Waals surface area contributed by atoms with Crippen LogP contribution in [-0.4, -0.2) is 36.0 Å². The van der Waals surface area contributed by atoms with Crippen LogP contribution < -0.4 is 14.8 Å². The van der Waals surface area contributed by atoms with Gasteiger partial charge in [0.25, 0.3) is 11.8 Å². The molecule has 0 bridgehead atoms. The predicted octanol–water partition coefficient (Wildman–Crippen LogP) is 3.49. The topological polar surface area (TPSA) is 67.9 Å². The Bertz CT molecular complexity index is 1040. The number of hydrogen-bond donors (Lipinski definition) is 1. The first-order valence-electron chi connectivity index (χ1n) is 8.71. The van der Waals surface area contributed by atoms with Gasteiger partial charge in [-0.3, -0.25) is 19.8 Å². The van der Waals surface area contributed by atoms with E-state index in [-0.39, 0.29) is 10.7 Å². The average molecular weight is 431 g/mol. The van der Waals surface area contributed by atoms with E-state index in [4.69, 9.17) is 33.3 Å². The number of nitrogens with zero attached hydrogens (tertiary/aromatic N) is 1. The first-order chi connectivity index (χ1) is 13.8. The van der Waals surface area contributed by atoms with Gasteiger partial charge in [0.15, 0.2) is 16.6 Å². The van der Waals surface area contributed by atoms with Gasteiger partial charge in [0.05, 0.1) is 12.1 Å². The summed E-state index contributed by atoms with van der Waals surface area (Å²) in [6.07, 6.45) is 1.44. The van der Waals surface area contributed by atoms with Crippen molar-refractivity contribution in [3.63, 3.8) is 0 Å². The minimum absolute atomic E-state index is 0.0485. The van der Waals surface area contributed by atoms with Crippen LogP contribution in [0.4, 0.5) is 0 Å². The van der Waals surface area contributed by atoms with Crippen molar-refractivity contribution in [3.05, 3.63) is 63.7 Å². The van der Waals surface area contributed by atoms with Gasteiger partial charge >= 0.3 is 0 Å². The lowest BCUT2D eigenvalue weighted by molar-refractivity contribution is -0.128. The fourth-order valence-electron chi connectivity index (χ4n) is 2.83. The normalized spacial score (nSPS) is 15.5. The van der Waals surface area contributed by atoms with Crippen molar-refractivity contribution >= 4 is 46.8 Å². The van der Waals surface area contributed by atoms with Gasteiger partial charge in [-0.2, -0.15) is 0 Å². The molecule has 0 atom stereocenters. The number of amides is 2. The zero-order valence-electron chi connectivity index (χ0n) is 16.1. The van der Waals surface area contributed by atoms with Gasteiger partial charge in [0, 0.05) is 7.05 Å². The number of likely N-dealkylation sites (N-methyl/N-ethyl adjacent to an activating group) is 1. The van der Waals surface area contributed by atoms with Gasteiger partial charge in [-0.15, -0.1) is 0 Å². The molecule has 2 aromatic rings. The van der Waals surface area contributed by atoms with E-state index >= 15 is 0 Å².